The van der Waals surface area contributed by atoms with Crippen LogP contribution in [0.15, 0.2) is 78.9 Å². The molecule has 6 heteroatoms. The van der Waals surface area contributed by atoms with Gasteiger partial charge in [-0.3, -0.25) is 9.59 Å². The number of rotatable bonds is 9. The summed E-state index contributed by atoms with van der Waals surface area (Å²) in [6.45, 7) is 2.11. The third-order valence-corrected chi connectivity index (χ3v) is 5.52. The average molecular weight is 451 g/mol. The van der Waals surface area contributed by atoms with Gasteiger partial charge in [0.1, 0.15) is 11.8 Å². The molecule has 0 heterocycles. The third-order valence-electron chi connectivity index (χ3n) is 5.27. The largest absolute Gasteiger partial charge is 0.496 e. The lowest BCUT2D eigenvalue weighted by Crippen LogP contribution is -2.49. The summed E-state index contributed by atoms with van der Waals surface area (Å²) in [5.74, 6) is 0.314. The fourth-order valence-corrected chi connectivity index (χ4v) is 3.68. The van der Waals surface area contributed by atoms with Crippen LogP contribution >= 0.6 is 11.6 Å². The lowest BCUT2D eigenvalue weighted by atomic mass is 10.0. The zero-order valence-corrected chi connectivity index (χ0v) is 19.0. The van der Waals surface area contributed by atoms with Gasteiger partial charge in [0.2, 0.25) is 11.8 Å². The molecule has 0 saturated heterocycles. The van der Waals surface area contributed by atoms with E-state index in [-0.39, 0.29) is 11.8 Å². The minimum absolute atomic E-state index is 0.173. The lowest BCUT2D eigenvalue weighted by molar-refractivity contribution is -0.139. The van der Waals surface area contributed by atoms with Gasteiger partial charge in [0.25, 0.3) is 0 Å². The van der Waals surface area contributed by atoms with Crippen LogP contribution in [0.5, 0.6) is 5.75 Å². The molecule has 0 radical (unpaired) electrons. The number of nitrogens with zero attached hydrogens (tertiary/aromatic N) is 1. The summed E-state index contributed by atoms with van der Waals surface area (Å²) in [6, 6.07) is 23.9. The maximum atomic E-state index is 13.3. The molecule has 0 unspecified atom stereocenters. The second kappa shape index (κ2) is 11.3. The normalized spacial score (nSPS) is 11.5. The van der Waals surface area contributed by atoms with Crippen molar-refractivity contribution in [3.8, 4) is 5.75 Å². The van der Waals surface area contributed by atoms with Gasteiger partial charge in [-0.25, -0.2) is 0 Å². The molecule has 5 nitrogen and oxygen atoms in total. The number of nitrogens with one attached hydrogen (secondary N) is 1. The number of benzene rings is 3. The average Bonchev–Trinajstić information content (AvgIpc) is 2.81. The molecule has 0 saturated carbocycles. The monoisotopic (exact) mass is 450 g/mol. The highest BCUT2D eigenvalue weighted by molar-refractivity contribution is 6.30. The van der Waals surface area contributed by atoms with E-state index in [4.69, 9.17) is 16.3 Å². The third kappa shape index (κ3) is 6.34. The van der Waals surface area contributed by atoms with Crippen molar-refractivity contribution in [3.63, 3.8) is 0 Å². The summed E-state index contributed by atoms with van der Waals surface area (Å²) in [6.07, 6.45) is 0.408. The molecular weight excluding hydrogens is 424 g/mol. The Balaban J connectivity index is 1.84. The van der Waals surface area contributed by atoms with Crippen molar-refractivity contribution < 1.29 is 14.3 Å². The van der Waals surface area contributed by atoms with E-state index in [0.717, 1.165) is 16.7 Å². The van der Waals surface area contributed by atoms with E-state index in [9.17, 15) is 9.59 Å². The molecule has 0 aliphatic rings. The highest BCUT2D eigenvalue weighted by Gasteiger charge is 2.28. The van der Waals surface area contributed by atoms with E-state index in [1.807, 2.05) is 66.7 Å². The van der Waals surface area contributed by atoms with Crippen LogP contribution in [-0.2, 0) is 29.1 Å². The molecule has 3 rings (SSSR count). The van der Waals surface area contributed by atoms with E-state index in [0.29, 0.717) is 30.3 Å². The fourth-order valence-electron chi connectivity index (χ4n) is 3.56. The first-order valence-corrected chi connectivity index (χ1v) is 10.8. The van der Waals surface area contributed by atoms with Crippen LogP contribution in [-0.4, -0.2) is 29.9 Å². The van der Waals surface area contributed by atoms with Crippen LogP contribution in [0.1, 0.15) is 23.6 Å². The van der Waals surface area contributed by atoms with Gasteiger partial charge >= 0.3 is 0 Å². The molecular formula is C26H27ClN2O3. The van der Waals surface area contributed by atoms with Crippen LogP contribution in [0.4, 0.5) is 0 Å². The van der Waals surface area contributed by atoms with Gasteiger partial charge in [-0.05, 0) is 29.3 Å². The molecule has 1 atom stereocenters. The highest BCUT2D eigenvalue weighted by Crippen LogP contribution is 2.19. The van der Waals surface area contributed by atoms with Crippen molar-refractivity contribution in [1.29, 1.82) is 0 Å². The van der Waals surface area contributed by atoms with Gasteiger partial charge in [-0.15, -0.1) is 0 Å². The molecule has 0 fully saturated rings. The number of hydrogen-bond acceptors (Lipinski definition) is 3. The van der Waals surface area contributed by atoms with Crippen molar-refractivity contribution >= 4 is 23.4 Å². The Kier molecular flexibility index (Phi) is 8.28. The zero-order valence-electron chi connectivity index (χ0n) is 18.3. The molecule has 32 heavy (non-hydrogen) atoms. The summed E-state index contributed by atoms with van der Waals surface area (Å²) in [5, 5.41) is 3.61. The Morgan fingerprint density at radius 1 is 0.938 bits per heavy atom. The molecule has 166 valence electrons. The van der Waals surface area contributed by atoms with Gasteiger partial charge < -0.3 is 15.0 Å². The van der Waals surface area contributed by atoms with E-state index in [1.165, 1.54) is 6.92 Å². The second-order valence-corrected chi connectivity index (χ2v) is 7.94. The SMILES string of the molecule is COc1ccccc1CNC(=O)[C@@H](Cc1ccccc1)N(Cc1ccc(Cl)cc1)C(C)=O. The maximum absolute atomic E-state index is 13.3. The van der Waals surface area contributed by atoms with Crippen molar-refractivity contribution in [2.75, 3.05) is 7.11 Å². The molecule has 3 aromatic rings. The Labute approximate surface area is 194 Å². The van der Waals surface area contributed by atoms with Crippen LogP contribution in [0, 0.1) is 0 Å². The van der Waals surface area contributed by atoms with Gasteiger partial charge in [-0.2, -0.15) is 0 Å². The molecule has 0 aliphatic carbocycles. The lowest BCUT2D eigenvalue weighted by Gasteiger charge is -2.30. The Hall–Kier alpha value is -3.31. The predicted octanol–water partition coefficient (Wildman–Crippen LogP) is 4.62. The predicted molar refractivity (Wildman–Crippen MR) is 126 cm³/mol. The van der Waals surface area contributed by atoms with Gasteiger partial charge in [0.05, 0.1) is 7.11 Å². The van der Waals surface area contributed by atoms with Crippen molar-refractivity contribution in [2.45, 2.75) is 32.5 Å². The molecule has 0 bridgehead atoms. The Morgan fingerprint density at radius 3 is 2.25 bits per heavy atom. The number of methoxy groups -OCH3 is 1. The maximum Gasteiger partial charge on any atom is 0.243 e. The molecule has 0 aromatic heterocycles. The number of hydrogen-bond donors (Lipinski definition) is 1. The highest BCUT2D eigenvalue weighted by atomic mass is 35.5. The first-order chi connectivity index (χ1) is 15.5. The second-order valence-electron chi connectivity index (χ2n) is 7.51. The first-order valence-electron chi connectivity index (χ1n) is 10.4. The van der Waals surface area contributed by atoms with Gasteiger partial charge in [0.15, 0.2) is 0 Å². The van der Waals surface area contributed by atoms with E-state index in [1.54, 1.807) is 24.1 Å². The molecule has 1 N–H and O–H groups in total. The summed E-state index contributed by atoms with van der Waals surface area (Å²) >= 11 is 6.00. The zero-order chi connectivity index (χ0) is 22.9. The number of para-hydroxylation sites is 1. The summed E-state index contributed by atoms with van der Waals surface area (Å²) in [5.41, 5.74) is 2.75. The molecule has 2 amide bonds. The van der Waals surface area contributed by atoms with Crippen LogP contribution in [0.2, 0.25) is 5.02 Å². The Morgan fingerprint density at radius 2 is 1.59 bits per heavy atom. The summed E-state index contributed by atoms with van der Waals surface area (Å²) in [7, 11) is 1.60. The van der Waals surface area contributed by atoms with Crippen LogP contribution in [0.25, 0.3) is 0 Å². The van der Waals surface area contributed by atoms with E-state index < -0.39 is 6.04 Å². The minimum Gasteiger partial charge on any atom is -0.496 e. The number of halogens is 1. The summed E-state index contributed by atoms with van der Waals surface area (Å²) in [4.78, 5) is 27.6. The summed E-state index contributed by atoms with van der Waals surface area (Å²) < 4.78 is 5.38. The Bertz CT molecular complexity index is 1040. The van der Waals surface area contributed by atoms with Crippen molar-refractivity contribution in [1.82, 2.24) is 10.2 Å². The minimum atomic E-state index is -0.666. The molecule has 3 aromatic carbocycles. The molecule has 0 spiro atoms. The van der Waals surface area contributed by atoms with Crippen LogP contribution in [0.3, 0.4) is 0 Å². The first kappa shape index (κ1) is 23.4. The number of ether oxygens (including phenoxy) is 1. The topological polar surface area (TPSA) is 58.6 Å². The number of carbonyl (C=O) groups excluding carboxylic acids is 2. The quantitative estimate of drug-likeness (QED) is 0.517. The smallest absolute Gasteiger partial charge is 0.243 e. The van der Waals surface area contributed by atoms with Gasteiger partial charge in [-0.1, -0.05) is 72.3 Å². The van der Waals surface area contributed by atoms with E-state index in [2.05, 4.69) is 5.32 Å². The van der Waals surface area contributed by atoms with Crippen LogP contribution < -0.4 is 10.1 Å². The van der Waals surface area contributed by atoms with Gasteiger partial charge in [0, 0.05) is 37.0 Å². The standard InChI is InChI=1S/C26H27ClN2O3/c1-19(30)29(18-21-12-14-23(27)15-13-21)24(16-20-8-4-3-5-9-20)26(31)28-17-22-10-6-7-11-25(22)32-2/h3-15,24H,16-18H2,1-2H3,(H,28,31)/t24-/m1/s1. The number of carbonyl (C=O) groups is 2. The van der Waals surface area contributed by atoms with Crippen molar-refractivity contribution in [3.05, 3.63) is 101 Å². The number of amides is 2. The fraction of sp³-hybridized carbons (Fsp3) is 0.231. The molecule has 0 aliphatic heterocycles. The van der Waals surface area contributed by atoms with Crippen molar-refractivity contribution in [2.24, 2.45) is 0 Å². The van der Waals surface area contributed by atoms with E-state index >= 15 is 0 Å².